The van der Waals surface area contributed by atoms with Gasteiger partial charge in [0.15, 0.2) is 24.1 Å². The molecule has 2 aliphatic rings. The highest BCUT2D eigenvalue weighted by Crippen LogP contribution is 2.32. The van der Waals surface area contributed by atoms with Gasteiger partial charge in [-0.15, -0.1) is 0 Å². The number of benzene rings is 3. The zero-order chi connectivity index (χ0) is 30.4. The molecule has 0 aliphatic carbocycles. The van der Waals surface area contributed by atoms with Crippen LogP contribution in [0.2, 0.25) is 0 Å². The third kappa shape index (κ3) is 7.34. The first-order valence-electron chi connectivity index (χ1n) is 13.6. The molecule has 5 rings (SSSR count). The second-order valence-corrected chi connectivity index (χ2v) is 10.2. The Morgan fingerprint density at radius 2 is 1.60 bits per heavy atom. The molecule has 218 valence electrons. The number of carbonyl (C=O) groups excluding carboxylic acids is 1. The maximum atomic E-state index is 14.2. The number of imidazole rings is 1. The summed E-state index contributed by atoms with van der Waals surface area (Å²) in [6.07, 6.45) is 3.62. The van der Waals surface area contributed by atoms with Gasteiger partial charge in [-0.3, -0.25) is 0 Å². The summed E-state index contributed by atoms with van der Waals surface area (Å²) in [7, 11) is 0. The highest BCUT2D eigenvalue weighted by atomic mass is 19.2. The number of carbonyl (C=O) groups is 1. The third-order valence-electron chi connectivity index (χ3n) is 5.96. The molecule has 0 fully saturated rings. The number of halogens is 3. The Bertz CT molecular complexity index is 1640. The largest absolute Gasteiger partial charge is 0.481 e. The van der Waals surface area contributed by atoms with E-state index in [1.807, 2.05) is 48.9 Å². The molecule has 6 nitrogen and oxygen atoms in total. The van der Waals surface area contributed by atoms with Crippen LogP contribution in [-0.4, -0.2) is 32.7 Å². The van der Waals surface area contributed by atoms with E-state index in [9.17, 15) is 18.0 Å². The van der Waals surface area contributed by atoms with Gasteiger partial charge >= 0.3 is 5.97 Å². The average Bonchev–Trinajstić information content (AvgIpc) is 3.37. The van der Waals surface area contributed by atoms with E-state index in [0.29, 0.717) is 23.5 Å². The quantitative estimate of drug-likeness (QED) is 0.184. The lowest BCUT2D eigenvalue weighted by Crippen LogP contribution is -2.27. The minimum atomic E-state index is -0.981. The first-order valence-corrected chi connectivity index (χ1v) is 13.6. The molecule has 42 heavy (non-hydrogen) atoms. The first kappa shape index (κ1) is 30.3. The number of rotatable bonds is 7. The Hall–Kier alpha value is -4.66. The van der Waals surface area contributed by atoms with Crippen LogP contribution in [0, 0.1) is 17.5 Å². The molecule has 3 aromatic rings. The molecule has 2 heterocycles. The Morgan fingerprint density at radius 3 is 2.31 bits per heavy atom. The molecule has 0 amide bonds. The fraction of sp³-hybridized carbons (Fsp3) is 0.242. The minimum absolute atomic E-state index is 0.00794. The molecule has 0 aromatic heterocycles. The summed E-state index contributed by atoms with van der Waals surface area (Å²) < 4.78 is 54.6. The summed E-state index contributed by atoms with van der Waals surface area (Å²) in [6.45, 7) is 9.44. The molecule has 0 N–H and O–H groups in total. The third-order valence-corrected chi connectivity index (χ3v) is 5.96. The van der Waals surface area contributed by atoms with Gasteiger partial charge in [0.05, 0.1) is 11.3 Å². The summed E-state index contributed by atoms with van der Waals surface area (Å²) >= 11 is 0. The van der Waals surface area contributed by atoms with Crippen molar-refractivity contribution in [3.05, 3.63) is 102 Å². The van der Waals surface area contributed by atoms with Crippen molar-refractivity contribution in [3.8, 4) is 39.7 Å². The van der Waals surface area contributed by atoms with E-state index < -0.39 is 29.0 Å². The summed E-state index contributed by atoms with van der Waals surface area (Å²) in [5.41, 5.74) is 2.87. The second kappa shape index (κ2) is 12.9. The number of aromatic nitrogens is 3. The maximum absolute atomic E-state index is 14.2. The van der Waals surface area contributed by atoms with Crippen LogP contribution in [0.3, 0.4) is 0 Å². The van der Waals surface area contributed by atoms with Crippen LogP contribution >= 0.6 is 0 Å². The smallest absolute Gasteiger partial charge is 0.344 e. The molecule has 0 bridgehead atoms. The molecule has 0 spiro atoms. The Balaban J connectivity index is 0.00000198. The SMILES string of the molecule is CC.CC(C)(C)OC(=O)COc1cc(F)ccc1-c1ccc(Cn2ccc3nc(-c4cccc(F)c4F)nc-3c2)cc1. The van der Waals surface area contributed by atoms with E-state index in [0.717, 1.165) is 17.2 Å². The molecule has 0 saturated carbocycles. The predicted octanol–water partition coefficient (Wildman–Crippen LogP) is 7.93. The lowest BCUT2D eigenvalue weighted by atomic mass is 10.0. The van der Waals surface area contributed by atoms with Crippen molar-refractivity contribution in [2.75, 3.05) is 6.61 Å². The fourth-order valence-corrected chi connectivity index (χ4v) is 4.21. The van der Waals surface area contributed by atoms with E-state index in [1.54, 1.807) is 39.1 Å². The first-order chi connectivity index (χ1) is 20.1. The van der Waals surface area contributed by atoms with Crippen LogP contribution in [0.4, 0.5) is 13.2 Å². The minimum Gasteiger partial charge on any atom is -0.481 e. The highest BCUT2D eigenvalue weighted by Gasteiger charge is 2.19. The predicted molar refractivity (Wildman–Crippen MR) is 156 cm³/mol. The Kier molecular flexibility index (Phi) is 9.30. The van der Waals surface area contributed by atoms with Gasteiger partial charge < -0.3 is 14.0 Å². The summed E-state index contributed by atoms with van der Waals surface area (Å²) in [5.74, 6) is -2.60. The molecule has 0 atom stereocenters. The van der Waals surface area contributed by atoms with E-state index in [4.69, 9.17) is 9.47 Å². The Labute approximate surface area is 243 Å². The van der Waals surface area contributed by atoms with E-state index in [2.05, 4.69) is 9.97 Å². The molecule has 2 aliphatic heterocycles. The number of pyridine rings is 1. The van der Waals surface area contributed by atoms with Crippen molar-refractivity contribution in [1.82, 2.24) is 14.5 Å². The number of fused-ring (bicyclic) bond motifs is 1. The number of nitrogens with zero attached hydrogens (tertiary/aromatic N) is 3. The zero-order valence-electron chi connectivity index (χ0n) is 24.1. The van der Waals surface area contributed by atoms with Crippen LogP contribution in [0.15, 0.2) is 79.1 Å². The van der Waals surface area contributed by atoms with Gasteiger partial charge in [0.1, 0.15) is 22.9 Å². The van der Waals surface area contributed by atoms with Crippen molar-refractivity contribution in [2.45, 2.75) is 46.8 Å². The lowest BCUT2D eigenvalue weighted by molar-refractivity contribution is -0.157. The van der Waals surface area contributed by atoms with Gasteiger partial charge in [-0.1, -0.05) is 44.2 Å². The number of ether oxygens (including phenoxy) is 2. The van der Waals surface area contributed by atoms with Crippen molar-refractivity contribution >= 4 is 5.97 Å². The van der Waals surface area contributed by atoms with Crippen molar-refractivity contribution < 1.29 is 27.4 Å². The van der Waals surface area contributed by atoms with E-state index in [-0.39, 0.29) is 23.7 Å². The lowest BCUT2D eigenvalue weighted by Gasteiger charge is -2.20. The van der Waals surface area contributed by atoms with Crippen molar-refractivity contribution in [2.24, 2.45) is 0 Å². The molecule has 0 saturated heterocycles. The normalized spacial score (nSPS) is 11.1. The highest BCUT2D eigenvalue weighted by molar-refractivity contribution is 5.74. The molecule has 0 radical (unpaired) electrons. The Morgan fingerprint density at radius 1 is 0.881 bits per heavy atom. The van der Waals surface area contributed by atoms with Crippen molar-refractivity contribution in [3.63, 3.8) is 0 Å². The van der Waals surface area contributed by atoms with Crippen molar-refractivity contribution in [1.29, 1.82) is 0 Å². The van der Waals surface area contributed by atoms with E-state index in [1.165, 1.54) is 24.3 Å². The van der Waals surface area contributed by atoms with Crippen LogP contribution in [0.1, 0.15) is 40.2 Å². The van der Waals surface area contributed by atoms with Gasteiger partial charge in [0.2, 0.25) is 0 Å². The molecule has 3 aromatic carbocycles. The zero-order valence-corrected chi connectivity index (χ0v) is 24.1. The van der Waals surface area contributed by atoms with Crippen LogP contribution in [-0.2, 0) is 16.1 Å². The topological polar surface area (TPSA) is 66.2 Å². The summed E-state index contributed by atoms with van der Waals surface area (Å²) in [5, 5.41) is 0. The van der Waals surface area contributed by atoms with Crippen LogP contribution in [0.5, 0.6) is 5.75 Å². The van der Waals surface area contributed by atoms with Crippen LogP contribution < -0.4 is 4.74 Å². The number of hydrogen-bond acceptors (Lipinski definition) is 5. The molecular formula is C33H32F3N3O3. The molecule has 0 unspecified atom stereocenters. The van der Waals surface area contributed by atoms with Crippen LogP contribution in [0.25, 0.3) is 33.9 Å². The summed E-state index contributed by atoms with van der Waals surface area (Å²) in [6, 6.07) is 17.5. The fourth-order valence-electron chi connectivity index (χ4n) is 4.21. The average molecular weight is 576 g/mol. The number of hydrogen-bond donors (Lipinski definition) is 0. The monoisotopic (exact) mass is 575 g/mol. The standard InChI is InChI=1S/C31H26F3N3O3.C2H6/c1-31(2,3)40-28(38)18-39-27-15-21(32)11-12-22(27)20-9-7-19(8-10-20)16-37-14-13-25-26(17-37)36-30(35-25)23-5-4-6-24(33)29(23)34;1-2/h4-15,17H,16,18H2,1-3H3;1-2H3. The van der Waals surface area contributed by atoms with Gasteiger partial charge in [-0.2, -0.15) is 0 Å². The molecular weight excluding hydrogens is 543 g/mol. The maximum Gasteiger partial charge on any atom is 0.344 e. The molecule has 9 heteroatoms. The summed E-state index contributed by atoms with van der Waals surface area (Å²) in [4.78, 5) is 20.8. The second-order valence-electron chi connectivity index (χ2n) is 10.2. The van der Waals surface area contributed by atoms with E-state index >= 15 is 0 Å². The van der Waals surface area contributed by atoms with Gasteiger partial charge in [-0.05, 0) is 62.2 Å². The number of esters is 1. The van der Waals surface area contributed by atoms with Gasteiger partial charge in [-0.25, -0.2) is 27.9 Å². The van der Waals surface area contributed by atoms with Gasteiger partial charge in [0.25, 0.3) is 0 Å². The van der Waals surface area contributed by atoms with Gasteiger partial charge in [0, 0.05) is 30.6 Å².